The van der Waals surface area contributed by atoms with Gasteiger partial charge in [-0.05, 0) is 18.1 Å². The molecule has 0 fully saturated rings. The van der Waals surface area contributed by atoms with E-state index in [0.29, 0.717) is 6.54 Å². The van der Waals surface area contributed by atoms with Crippen molar-refractivity contribution >= 4 is 16.9 Å². The molecule has 1 aromatic heterocycles. The summed E-state index contributed by atoms with van der Waals surface area (Å²) in [6, 6.07) is 9.51. The predicted octanol–water partition coefficient (Wildman–Crippen LogP) is 2.72. The number of benzene rings is 1. The second kappa shape index (κ2) is 5.89. The van der Waals surface area contributed by atoms with Gasteiger partial charge in [0.25, 0.3) is 0 Å². The Kier molecular flexibility index (Phi) is 4.22. The van der Waals surface area contributed by atoms with Crippen molar-refractivity contribution in [3.8, 4) is 0 Å². The summed E-state index contributed by atoms with van der Waals surface area (Å²) < 4.78 is 10.5. The lowest BCUT2D eigenvalue weighted by molar-refractivity contribution is -0.144. The summed E-state index contributed by atoms with van der Waals surface area (Å²) in [5.41, 5.74) is 0.860. The largest absolute Gasteiger partial charge is 0.468 e. The molecule has 1 atom stereocenters. The van der Waals surface area contributed by atoms with E-state index >= 15 is 0 Å². The molecule has 0 aliphatic heterocycles. The highest BCUT2D eigenvalue weighted by Crippen LogP contribution is 2.19. The van der Waals surface area contributed by atoms with Gasteiger partial charge in [0.2, 0.25) is 0 Å². The molecule has 0 aliphatic rings. The maximum absolute atomic E-state index is 11.6. The van der Waals surface area contributed by atoms with Crippen LogP contribution in [0.15, 0.2) is 34.7 Å². The number of fused-ring (bicyclic) bond motifs is 1. The molecule has 0 bridgehead atoms. The van der Waals surface area contributed by atoms with Crippen LogP contribution in [0.3, 0.4) is 0 Å². The van der Waals surface area contributed by atoms with Gasteiger partial charge in [0.05, 0.1) is 13.7 Å². The summed E-state index contributed by atoms with van der Waals surface area (Å²) in [7, 11) is 1.40. The standard InChI is InChI=1S/C15H19NO3/c1-10(2)14(15(17)18-3)16-9-12-8-11-6-4-5-7-13(11)19-12/h4-8,10,14,16H,9H2,1-3H3. The highest BCUT2D eigenvalue weighted by molar-refractivity contribution is 5.78. The summed E-state index contributed by atoms with van der Waals surface area (Å²) >= 11 is 0. The third kappa shape index (κ3) is 3.15. The van der Waals surface area contributed by atoms with E-state index in [9.17, 15) is 4.79 Å². The SMILES string of the molecule is COC(=O)C(NCc1cc2ccccc2o1)C(C)C. The molecule has 0 radical (unpaired) electrons. The number of esters is 1. The molecule has 0 saturated heterocycles. The number of para-hydroxylation sites is 1. The molecule has 0 amide bonds. The van der Waals surface area contributed by atoms with Gasteiger partial charge in [-0.15, -0.1) is 0 Å². The van der Waals surface area contributed by atoms with Crippen molar-refractivity contribution in [3.05, 3.63) is 36.1 Å². The third-order valence-corrected chi connectivity index (χ3v) is 3.09. The molecule has 2 aromatic rings. The van der Waals surface area contributed by atoms with Crippen LogP contribution in [-0.2, 0) is 16.1 Å². The number of nitrogens with one attached hydrogen (secondary N) is 1. The normalized spacial score (nSPS) is 12.8. The average Bonchev–Trinajstić information content (AvgIpc) is 2.80. The molecular formula is C15H19NO3. The first-order valence-corrected chi connectivity index (χ1v) is 6.40. The number of ether oxygens (including phenoxy) is 1. The summed E-state index contributed by atoms with van der Waals surface area (Å²) in [6.07, 6.45) is 0. The van der Waals surface area contributed by atoms with Gasteiger partial charge in [0.1, 0.15) is 17.4 Å². The van der Waals surface area contributed by atoms with E-state index in [2.05, 4.69) is 5.32 Å². The molecule has 19 heavy (non-hydrogen) atoms. The Hall–Kier alpha value is -1.81. The Balaban J connectivity index is 2.06. The van der Waals surface area contributed by atoms with Crippen LogP contribution in [0, 0.1) is 5.92 Å². The fourth-order valence-corrected chi connectivity index (χ4v) is 2.05. The van der Waals surface area contributed by atoms with E-state index in [4.69, 9.17) is 9.15 Å². The Labute approximate surface area is 112 Å². The number of rotatable bonds is 5. The highest BCUT2D eigenvalue weighted by Gasteiger charge is 2.22. The van der Waals surface area contributed by atoms with Gasteiger partial charge in [-0.1, -0.05) is 32.0 Å². The second-order valence-electron chi connectivity index (χ2n) is 4.88. The Morgan fingerprint density at radius 3 is 2.74 bits per heavy atom. The second-order valence-corrected chi connectivity index (χ2v) is 4.88. The molecule has 0 spiro atoms. The van der Waals surface area contributed by atoms with Crippen LogP contribution in [0.2, 0.25) is 0 Å². The number of methoxy groups -OCH3 is 1. The smallest absolute Gasteiger partial charge is 0.323 e. The lowest BCUT2D eigenvalue weighted by Gasteiger charge is -2.18. The molecule has 1 aromatic carbocycles. The Morgan fingerprint density at radius 1 is 1.37 bits per heavy atom. The molecule has 0 aliphatic carbocycles. The molecule has 2 rings (SSSR count). The Bertz CT molecular complexity index is 526. The van der Waals surface area contributed by atoms with Gasteiger partial charge in [-0.3, -0.25) is 10.1 Å². The summed E-state index contributed by atoms with van der Waals surface area (Å²) in [5, 5.41) is 4.25. The molecule has 1 unspecified atom stereocenters. The topological polar surface area (TPSA) is 51.5 Å². The molecule has 4 nitrogen and oxygen atoms in total. The Morgan fingerprint density at radius 2 is 2.11 bits per heavy atom. The van der Waals surface area contributed by atoms with Crippen molar-refractivity contribution in [1.29, 1.82) is 0 Å². The minimum absolute atomic E-state index is 0.164. The van der Waals surface area contributed by atoms with E-state index in [1.54, 1.807) is 0 Å². The van der Waals surface area contributed by atoms with Crippen molar-refractivity contribution in [2.75, 3.05) is 7.11 Å². The van der Waals surface area contributed by atoms with E-state index < -0.39 is 0 Å². The summed E-state index contributed by atoms with van der Waals surface area (Å²) in [6.45, 7) is 4.47. The minimum atomic E-state index is -0.321. The first kappa shape index (κ1) is 13.6. The van der Waals surface area contributed by atoms with E-state index in [1.807, 2.05) is 44.2 Å². The van der Waals surface area contributed by atoms with Crippen LogP contribution < -0.4 is 5.32 Å². The zero-order chi connectivity index (χ0) is 13.8. The van der Waals surface area contributed by atoms with Crippen molar-refractivity contribution in [3.63, 3.8) is 0 Å². The molecule has 1 N–H and O–H groups in total. The van der Waals surface area contributed by atoms with Crippen LogP contribution >= 0.6 is 0 Å². The van der Waals surface area contributed by atoms with Crippen LogP contribution in [0.1, 0.15) is 19.6 Å². The van der Waals surface area contributed by atoms with Crippen LogP contribution in [0.4, 0.5) is 0 Å². The molecule has 0 saturated carbocycles. The number of hydrogen-bond acceptors (Lipinski definition) is 4. The van der Waals surface area contributed by atoms with Gasteiger partial charge in [0, 0.05) is 5.39 Å². The maximum atomic E-state index is 11.6. The zero-order valence-electron chi connectivity index (χ0n) is 11.5. The van der Waals surface area contributed by atoms with E-state index in [-0.39, 0.29) is 17.9 Å². The lowest BCUT2D eigenvalue weighted by Crippen LogP contribution is -2.41. The van der Waals surface area contributed by atoms with Crippen molar-refractivity contribution in [2.24, 2.45) is 5.92 Å². The van der Waals surface area contributed by atoms with Crippen molar-refractivity contribution in [1.82, 2.24) is 5.32 Å². The van der Waals surface area contributed by atoms with Crippen molar-refractivity contribution < 1.29 is 13.9 Å². The summed E-state index contributed by atoms with van der Waals surface area (Å²) in [5.74, 6) is 0.735. The van der Waals surface area contributed by atoms with Gasteiger partial charge < -0.3 is 9.15 Å². The fourth-order valence-electron chi connectivity index (χ4n) is 2.05. The third-order valence-electron chi connectivity index (χ3n) is 3.09. The van der Waals surface area contributed by atoms with Gasteiger partial charge in [-0.2, -0.15) is 0 Å². The van der Waals surface area contributed by atoms with E-state index in [1.165, 1.54) is 7.11 Å². The zero-order valence-corrected chi connectivity index (χ0v) is 11.5. The monoisotopic (exact) mass is 261 g/mol. The lowest BCUT2D eigenvalue weighted by atomic mass is 10.0. The molecular weight excluding hydrogens is 242 g/mol. The number of furan rings is 1. The first-order valence-electron chi connectivity index (χ1n) is 6.40. The number of hydrogen-bond donors (Lipinski definition) is 1. The van der Waals surface area contributed by atoms with E-state index in [0.717, 1.165) is 16.7 Å². The summed E-state index contributed by atoms with van der Waals surface area (Å²) in [4.78, 5) is 11.6. The van der Waals surface area contributed by atoms with Gasteiger partial charge in [0.15, 0.2) is 0 Å². The van der Waals surface area contributed by atoms with Crippen LogP contribution in [0.25, 0.3) is 11.0 Å². The average molecular weight is 261 g/mol. The minimum Gasteiger partial charge on any atom is -0.468 e. The number of carbonyl (C=O) groups excluding carboxylic acids is 1. The first-order chi connectivity index (χ1) is 9.11. The van der Waals surface area contributed by atoms with Crippen LogP contribution in [0.5, 0.6) is 0 Å². The maximum Gasteiger partial charge on any atom is 0.323 e. The van der Waals surface area contributed by atoms with Crippen molar-refractivity contribution in [2.45, 2.75) is 26.4 Å². The van der Waals surface area contributed by atoms with Crippen LogP contribution in [-0.4, -0.2) is 19.1 Å². The molecule has 4 heteroatoms. The quantitative estimate of drug-likeness (QED) is 0.841. The fraction of sp³-hybridized carbons (Fsp3) is 0.400. The van der Waals surface area contributed by atoms with Gasteiger partial charge in [-0.25, -0.2) is 0 Å². The van der Waals surface area contributed by atoms with Gasteiger partial charge >= 0.3 is 5.97 Å². The predicted molar refractivity (Wildman–Crippen MR) is 73.7 cm³/mol. The highest BCUT2D eigenvalue weighted by atomic mass is 16.5. The molecule has 102 valence electrons. The number of carbonyl (C=O) groups is 1. The molecule has 1 heterocycles.